The van der Waals surface area contributed by atoms with Crippen LogP contribution in [-0.2, 0) is 4.43 Å². The topological polar surface area (TPSA) is 9.23 Å². The Hall–Kier alpha value is -0.0831. The van der Waals surface area contributed by atoms with Crippen molar-refractivity contribution in [1.82, 2.24) is 0 Å². The van der Waals surface area contributed by atoms with E-state index in [-0.39, 0.29) is 0 Å². The van der Waals surface area contributed by atoms with Crippen molar-refractivity contribution in [3.63, 3.8) is 0 Å². The summed E-state index contributed by atoms with van der Waals surface area (Å²) in [6.45, 7) is 9.39. The van der Waals surface area contributed by atoms with Crippen LogP contribution in [0.5, 0.6) is 0 Å². The van der Waals surface area contributed by atoms with Crippen molar-refractivity contribution < 1.29 is 4.43 Å². The molecule has 0 aliphatic rings. The second kappa shape index (κ2) is 18.0. The quantitative estimate of drug-likeness (QED) is 0.166. The van der Waals surface area contributed by atoms with Crippen molar-refractivity contribution in [2.45, 2.75) is 103 Å². The largest absolute Gasteiger partial charge is 0.420 e. The lowest BCUT2D eigenvalue weighted by atomic mass is 10.2. The van der Waals surface area contributed by atoms with E-state index in [2.05, 4.69) is 20.4 Å². The highest BCUT2D eigenvalue weighted by atomic mass is 28.3. The Morgan fingerprint density at radius 2 is 1.33 bits per heavy atom. The molecule has 0 saturated heterocycles. The van der Waals surface area contributed by atoms with Gasteiger partial charge in [0.25, 0.3) is 0 Å². The van der Waals surface area contributed by atoms with Gasteiger partial charge in [0.1, 0.15) is 0 Å². The van der Waals surface area contributed by atoms with Gasteiger partial charge in [-0.2, -0.15) is 0 Å². The second-order valence-corrected chi connectivity index (χ2v) is 9.06. The summed E-state index contributed by atoms with van der Waals surface area (Å²) >= 11 is 0. The van der Waals surface area contributed by atoms with Gasteiger partial charge in [0.05, 0.1) is 0 Å². The van der Waals surface area contributed by atoms with Crippen molar-refractivity contribution in [2.24, 2.45) is 0 Å². The highest BCUT2D eigenvalue weighted by Gasteiger charge is 2.11. The third-order valence-corrected chi connectivity index (χ3v) is 6.98. The first kappa shape index (κ1) is 20.9. The van der Waals surface area contributed by atoms with Crippen LogP contribution in [-0.4, -0.2) is 15.6 Å². The van der Waals surface area contributed by atoms with Crippen LogP contribution >= 0.6 is 0 Å². The molecule has 0 fully saturated rings. The van der Waals surface area contributed by atoms with Crippen molar-refractivity contribution in [1.29, 1.82) is 0 Å². The summed E-state index contributed by atoms with van der Waals surface area (Å²) in [7, 11) is -0.898. The zero-order chi connectivity index (χ0) is 15.6. The number of hydrogen-bond acceptors (Lipinski definition) is 1. The fourth-order valence-electron chi connectivity index (χ4n) is 2.73. The molecule has 0 aliphatic heterocycles. The SMILES string of the molecule is C=CCCCCCO[SiH](CCCCCC)CCCCCC. The molecule has 0 rings (SSSR count). The Bertz CT molecular complexity index is 194. The Labute approximate surface area is 136 Å². The summed E-state index contributed by atoms with van der Waals surface area (Å²) in [4.78, 5) is 0. The molecule has 0 amide bonds. The van der Waals surface area contributed by atoms with E-state index in [9.17, 15) is 0 Å². The Balaban J connectivity index is 3.69. The average molecular weight is 313 g/mol. The van der Waals surface area contributed by atoms with Crippen LogP contribution in [0.1, 0.15) is 90.9 Å². The van der Waals surface area contributed by atoms with E-state index in [0.29, 0.717) is 0 Å². The molecule has 0 N–H and O–H groups in total. The maximum Gasteiger partial charge on any atom is 0.176 e. The van der Waals surface area contributed by atoms with Crippen LogP contribution in [0.25, 0.3) is 0 Å². The predicted molar refractivity (Wildman–Crippen MR) is 99.7 cm³/mol. The van der Waals surface area contributed by atoms with Crippen molar-refractivity contribution in [3.8, 4) is 0 Å². The highest BCUT2D eigenvalue weighted by Crippen LogP contribution is 2.15. The van der Waals surface area contributed by atoms with Crippen LogP contribution in [0, 0.1) is 0 Å². The third kappa shape index (κ3) is 16.1. The minimum Gasteiger partial charge on any atom is -0.420 e. The summed E-state index contributed by atoms with van der Waals surface area (Å²) in [5.41, 5.74) is 0. The van der Waals surface area contributed by atoms with Crippen LogP contribution < -0.4 is 0 Å². The maximum atomic E-state index is 6.30. The molecule has 126 valence electrons. The normalized spacial score (nSPS) is 11.2. The molecule has 0 heterocycles. The summed E-state index contributed by atoms with van der Waals surface area (Å²) in [5, 5.41) is 0. The van der Waals surface area contributed by atoms with Gasteiger partial charge >= 0.3 is 0 Å². The van der Waals surface area contributed by atoms with E-state index < -0.39 is 9.04 Å². The molecule has 0 radical (unpaired) electrons. The summed E-state index contributed by atoms with van der Waals surface area (Å²) in [6.07, 6.45) is 18.2. The van der Waals surface area contributed by atoms with E-state index in [0.717, 1.165) is 13.0 Å². The van der Waals surface area contributed by atoms with Crippen molar-refractivity contribution in [2.75, 3.05) is 6.61 Å². The Morgan fingerprint density at radius 3 is 1.86 bits per heavy atom. The summed E-state index contributed by atoms with van der Waals surface area (Å²) in [6, 6.07) is 2.83. The maximum absolute atomic E-state index is 6.30. The van der Waals surface area contributed by atoms with Gasteiger partial charge in [0, 0.05) is 6.61 Å². The summed E-state index contributed by atoms with van der Waals surface area (Å²) in [5.74, 6) is 0. The van der Waals surface area contributed by atoms with Crippen molar-refractivity contribution in [3.05, 3.63) is 12.7 Å². The van der Waals surface area contributed by atoms with Gasteiger partial charge in [0.15, 0.2) is 9.04 Å². The molecule has 2 heteroatoms. The van der Waals surface area contributed by atoms with Gasteiger partial charge in [0.2, 0.25) is 0 Å². The molecule has 21 heavy (non-hydrogen) atoms. The molecule has 0 aromatic heterocycles. The van der Waals surface area contributed by atoms with Crippen LogP contribution in [0.15, 0.2) is 12.7 Å². The molecule has 0 unspecified atom stereocenters. The first-order valence-electron chi connectivity index (χ1n) is 9.57. The number of unbranched alkanes of at least 4 members (excludes halogenated alkanes) is 9. The molecular formula is C19H40OSi. The molecule has 0 atom stereocenters. The van der Waals surface area contributed by atoms with E-state index in [4.69, 9.17) is 4.43 Å². The minimum atomic E-state index is -0.898. The predicted octanol–water partition coefficient (Wildman–Crippen LogP) is 6.63. The van der Waals surface area contributed by atoms with Crippen LogP contribution in [0.2, 0.25) is 12.1 Å². The van der Waals surface area contributed by atoms with Gasteiger partial charge in [-0.25, -0.2) is 0 Å². The van der Waals surface area contributed by atoms with E-state index >= 15 is 0 Å². The van der Waals surface area contributed by atoms with Gasteiger partial charge in [-0.15, -0.1) is 6.58 Å². The lowest BCUT2D eigenvalue weighted by molar-refractivity contribution is 0.303. The monoisotopic (exact) mass is 312 g/mol. The van der Waals surface area contributed by atoms with E-state index in [1.165, 1.54) is 82.7 Å². The first-order chi connectivity index (χ1) is 10.3. The first-order valence-corrected chi connectivity index (χ1v) is 11.7. The van der Waals surface area contributed by atoms with Crippen molar-refractivity contribution >= 4 is 9.04 Å². The molecular weight excluding hydrogens is 272 g/mol. The Morgan fingerprint density at radius 1 is 0.762 bits per heavy atom. The standard InChI is InChI=1S/C19H40OSi/c1-4-7-10-13-14-17-20-21(18-15-11-8-5-2)19-16-12-9-6-3/h4,21H,1,5-19H2,2-3H3. The molecule has 0 bridgehead atoms. The Kier molecular flexibility index (Phi) is 17.9. The summed E-state index contributed by atoms with van der Waals surface area (Å²) < 4.78 is 6.30. The van der Waals surface area contributed by atoms with Crippen LogP contribution in [0.4, 0.5) is 0 Å². The third-order valence-electron chi connectivity index (χ3n) is 4.17. The average Bonchev–Trinajstić information content (AvgIpc) is 2.50. The zero-order valence-electron chi connectivity index (χ0n) is 14.9. The zero-order valence-corrected chi connectivity index (χ0v) is 16.0. The second-order valence-electron chi connectivity index (χ2n) is 6.33. The lowest BCUT2D eigenvalue weighted by Gasteiger charge is -2.16. The van der Waals surface area contributed by atoms with Gasteiger partial charge in [-0.1, -0.05) is 77.7 Å². The fourth-order valence-corrected chi connectivity index (χ4v) is 5.34. The number of rotatable bonds is 17. The molecule has 0 aromatic rings. The molecule has 0 aliphatic carbocycles. The lowest BCUT2D eigenvalue weighted by Crippen LogP contribution is -2.18. The van der Waals surface area contributed by atoms with E-state index in [1.807, 2.05) is 6.08 Å². The van der Waals surface area contributed by atoms with E-state index in [1.54, 1.807) is 0 Å². The molecule has 0 aromatic carbocycles. The highest BCUT2D eigenvalue weighted by molar-refractivity contribution is 6.51. The van der Waals surface area contributed by atoms with Gasteiger partial charge in [-0.3, -0.25) is 0 Å². The van der Waals surface area contributed by atoms with Gasteiger partial charge < -0.3 is 4.43 Å². The number of allylic oxidation sites excluding steroid dienone is 1. The number of hydrogen-bond donors (Lipinski definition) is 0. The molecule has 0 saturated carbocycles. The fraction of sp³-hybridized carbons (Fsp3) is 0.895. The molecule has 1 nitrogen and oxygen atoms in total. The minimum absolute atomic E-state index is 0.898. The molecule has 0 spiro atoms. The van der Waals surface area contributed by atoms with Crippen LogP contribution in [0.3, 0.4) is 0 Å². The smallest absolute Gasteiger partial charge is 0.176 e. The van der Waals surface area contributed by atoms with Gasteiger partial charge in [-0.05, 0) is 31.4 Å².